The fraction of sp³-hybridized carbons (Fsp3) is 0.438. The molecule has 12 heteroatoms. The van der Waals surface area contributed by atoms with Gasteiger partial charge >= 0.3 is 12.1 Å². The van der Waals surface area contributed by atoms with Crippen molar-refractivity contribution in [2.24, 2.45) is 11.3 Å². The molecule has 1 fully saturated rings. The molecule has 1 aliphatic heterocycles. The molecule has 1 aliphatic rings. The third-order valence-electron chi connectivity index (χ3n) is 7.76. The van der Waals surface area contributed by atoms with Gasteiger partial charge in [0.25, 0.3) is 0 Å². The number of para-hydroxylation sites is 1. The summed E-state index contributed by atoms with van der Waals surface area (Å²) in [4.78, 5) is 44.7. The molecule has 2 N–H and O–H groups in total. The van der Waals surface area contributed by atoms with Gasteiger partial charge in [-0.25, -0.2) is 5.48 Å². The first kappa shape index (κ1) is 32.7. The predicted molar refractivity (Wildman–Crippen MR) is 158 cm³/mol. The smallest absolute Gasteiger partial charge is 0.471 e. The topological polar surface area (TPSA) is 112 Å². The molecule has 9 nitrogen and oxygen atoms in total. The average molecular weight is 615 g/mol. The van der Waals surface area contributed by atoms with E-state index >= 15 is 0 Å². The Morgan fingerprint density at radius 3 is 2.30 bits per heavy atom. The molecule has 2 aromatic carbocycles. The van der Waals surface area contributed by atoms with Crippen molar-refractivity contribution in [2.75, 3.05) is 18.0 Å². The Bertz CT molecular complexity index is 1500. The van der Waals surface area contributed by atoms with E-state index in [4.69, 9.17) is 4.74 Å². The quantitative estimate of drug-likeness (QED) is 0.254. The first-order valence-corrected chi connectivity index (χ1v) is 14.4. The van der Waals surface area contributed by atoms with Crippen LogP contribution < -0.4 is 15.1 Å². The molecule has 1 unspecified atom stereocenters. The number of aryl methyl sites for hydroxylation is 1. The molecule has 0 spiro atoms. The van der Waals surface area contributed by atoms with E-state index in [0.29, 0.717) is 10.6 Å². The number of nitrogens with zero attached hydrogens (tertiary/aromatic N) is 3. The van der Waals surface area contributed by atoms with Gasteiger partial charge in [-0.3, -0.25) is 24.6 Å². The average Bonchev–Trinajstić information content (AvgIpc) is 2.98. The maximum absolute atomic E-state index is 14.0. The molecule has 0 bridgehead atoms. The number of halogens is 3. The molecular formula is C32H37F3N4O5. The van der Waals surface area contributed by atoms with Gasteiger partial charge in [-0.15, -0.1) is 0 Å². The summed E-state index contributed by atoms with van der Waals surface area (Å²) in [6.45, 7) is 7.94. The summed E-state index contributed by atoms with van der Waals surface area (Å²) >= 11 is 0. The van der Waals surface area contributed by atoms with Crippen molar-refractivity contribution in [3.8, 4) is 5.75 Å². The number of rotatable bonds is 8. The van der Waals surface area contributed by atoms with Crippen LogP contribution in [0.4, 0.5) is 18.9 Å². The number of hydrogen-bond acceptors (Lipinski definition) is 6. The fourth-order valence-electron chi connectivity index (χ4n) is 5.64. The van der Waals surface area contributed by atoms with E-state index in [9.17, 15) is 32.8 Å². The lowest BCUT2D eigenvalue weighted by molar-refractivity contribution is -0.171. The van der Waals surface area contributed by atoms with Crippen LogP contribution in [-0.2, 0) is 21.0 Å². The first-order chi connectivity index (χ1) is 20.7. The predicted octanol–water partition coefficient (Wildman–Crippen LogP) is 5.57. The lowest BCUT2D eigenvalue weighted by atomic mass is 9.84. The van der Waals surface area contributed by atoms with Crippen LogP contribution in [0.2, 0.25) is 0 Å². The van der Waals surface area contributed by atoms with Crippen molar-refractivity contribution in [1.29, 1.82) is 0 Å². The lowest BCUT2D eigenvalue weighted by Gasteiger charge is -2.42. The molecule has 1 saturated heterocycles. The second-order valence-corrected chi connectivity index (χ2v) is 12.1. The Morgan fingerprint density at radius 1 is 1.07 bits per heavy atom. The molecule has 0 saturated carbocycles. The van der Waals surface area contributed by atoms with Crippen molar-refractivity contribution >= 4 is 34.3 Å². The molecule has 0 aliphatic carbocycles. The van der Waals surface area contributed by atoms with Crippen LogP contribution in [0.3, 0.4) is 0 Å². The van der Waals surface area contributed by atoms with E-state index < -0.39 is 41.8 Å². The molecule has 4 rings (SSSR count). The largest absolute Gasteiger partial charge is 0.489 e. The van der Waals surface area contributed by atoms with Crippen LogP contribution in [0.25, 0.3) is 10.9 Å². The van der Waals surface area contributed by atoms with Crippen LogP contribution in [0.1, 0.15) is 51.3 Å². The van der Waals surface area contributed by atoms with Gasteiger partial charge < -0.3 is 14.5 Å². The minimum Gasteiger partial charge on any atom is -0.489 e. The first-order valence-electron chi connectivity index (χ1n) is 14.4. The number of carbonyl (C=O) groups is 3. The molecule has 0 radical (unpaired) electrons. The fourth-order valence-corrected chi connectivity index (χ4v) is 5.64. The monoisotopic (exact) mass is 614 g/mol. The number of fused-ring (bicyclic) bond motifs is 1. The number of nitrogens with one attached hydrogen (secondary N) is 1. The summed E-state index contributed by atoms with van der Waals surface area (Å²) < 4.78 is 47.8. The maximum Gasteiger partial charge on any atom is 0.471 e. The molecule has 3 aromatic rings. The summed E-state index contributed by atoms with van der Waals surface area (Å²) in [7, 11) is 0. The number of anilines is 1. The third-order valence-corrected chi connectivity index (χ3v) is 7.76. The Hall–Kier alpha value is -4.19. The van der Waals surface area contributed by atoms with Gasteiger partial charge in [-0.05, 0) is 62.1 Å². The summed E-state index contributed by atoms with van der Waals surface area (Å²) in [5.41, 5.74) is 3.28. The van der Waals surface area contributed by atoms with E-state index in [2.05, 4.69) is 4.98 Å². The van der Waals surface area contributed by atoms with Crippen molar-refractivity contribution < 1.29 is 37.5 Å². The van der Waals surface area contributed by atoms with E-state index in [1.165, 1.54) is 29.7 Å². The van der Waals surface area contributed by atoms with Crippen LogP contribution in [0.15, 0.2) is 54.6 Å². The van der Waals surface area contributed by atoms with E-state index in [0.717, 1.165) is 22.2 Å². The number of benzene rings is 2. The van der Waals surface area contributed by atoms with Gasteiger partial charge in [-0.2, -0.15) is 13.2 Å². The van der Waals surface area contributed by atoms with Crippen molar-refractivity contribution in [3.63, 3.8) is 0 Å². The normalized spacial score (nSPS) is 15.1. The van der Waals surface area contributed by atoms with Gasteiger partial charge in [0, 0.05) is 53.3 Å². The number of amides is 3. The highest BCUT2D eigenvalue weighted by molar-refractivity contribution is 5.98. The number of hydrogen-bond donors (Lipinski definition) is 2. The Morgan fingerprint density at radius 2 is 1.70 bits per heavy atom. The van der Waals surface area contributed by atoms with Gasteiger partial charge in [0.2, 0.25) is 11.8 Å². The number of pyridine rings is 1. The number of alkyl halides is 3. The van der Waals surface area contributed by atoms with Crippen LogP contribution in [0.5, 0.6) is 5.75 Å². The second-order valence-electron chi connectivity index (χ2n) is 12.1. The Balaban J connectivity index is 1.60. The molecule has 3 amide bonds. The van der Waals surface area contributed by atoms with Gasteiger partial charge in [0.1, 0.15) is 12.4 Å². The number of ether oxygens (including phenoxy) is 1. The summed E-state index contributed by atoms with van der Waals surface area (Å²) in [6, 6.07) is 13.9. The van der Waals surface area contributed by atoms with Crippen molar-refractivity contribution in [1.82, 2.24) is 15.4 Å². The van der Waals surface area contributed by atoms with E-state index in [-0.39, 0.29) is 44.1 Å². The number of carbonyl (C=O) groups excluding carboxylic acids is 3. The number of likely N-dealkylation sites (tertiary alicyclic amines) is 1. The van der Waals surface area contributed by atoms with Crippen LogP contribution in [0, 0.1) is 18.3 Å². The minimum absolute atomic E-state index is 0.0752. The van der Waals surface area contributed by atoms with Crippen molar-refractivity contribution in [2.45, 2.75) is 65.8 Å². The van der Waals surface area contributed by atoms with Gasteiger partial charge in [0.05, 0.1) is 5.52 Å². The zero-order chi connectivity index (χ0) is 32.2. The zero-order valence-corrected chi connectivity index (χ0v) is 25.1. The molecule has 1 atom stereocenters. The van der Waals surface area contributed by atoms with E-state index in [1.807, 2.05) is 37.3 Å². The van der Waals surface area contributed by atoms with Gasteiger partial charge in [-0.1, -0.05) is 39.0 Å². The molecule has 44 heavy (non-hydrogen) atoms. The standard InChI is InChI=1S/C32H37F3N4O5/c1-20-17-22(25-7-5-6-8-26(25)36-20)19-44-24-11-9-23(10-12-24)39(30(42)32(33,34)35)27(18-28(40)37-43)21-13-15-38(16-14-21)29(41)31(2,3)4/h5-12,17,21,27,43H,13-16,18-19H2,1-4H3,(H,37,40). The molecule has 236 valence electrons. The molecule has 2 heterocycles. The third kappa shape index (κ3) is 7.65. The number of hydroxylamine groups is 1. The van der Waals surface area contributed by atoms with Gasteiger partial charge in [0.15, 0.2) is 0 Å². The lowest BCUT2D eigenvalue weighted by Crippen LogP contribution is -2.54. The van der Waals surface area contributed by atoms with Crippen LogP contribution in [-0.4, -0.2) is 58.1 Å². The van der Waals surface area contributed by atoms with Crippen molar-refractivity contribution in [3.05, 3.63) is 65.9 Å². The van der Waals surface area contributed by atoms with Crippen LogP contribution >= 0.6 is 0 Å². The highest BCUT2D eigenvalue weighted by atomic mass is 19.4. The molecular weight excluding hydrogens is 577 g/mol. The minimum atomic E-state index is -5.23. The number of aromatic nitrogens is 1. The highest BCUT2D eigenvalue weighted by Crippen LogP contribution is 2.35. The summed E-state index contributed by atoms with van der Waals surface area (Å²) in [6.07, 6.45) is -5.25. The Kier molecular flexibility index (Phi) is 9.82. The maximum atomic E-state index is 14.0. The summed E-state index contributed by atoms with van der Waals surface area (Å²) in [5.74, 6) is -3.33. The SMILES string of the molecule is Cc1cc(COc2ccc(N(C(=O)C(F)(F)F)C(CC(=O)NO)C3CCN(C(=O)C(C)(C)C)CC3)cc2)c2ccccc2n1. The Labute approximate surface area is 254 Å². The second kappa shape index (κ2) is 13.2. The highest BCUT2D eigenvalue weighted by Gasteiger charge is 2.48. The number of piperidine rings is 1. The zero-order valence-electron chi connectivity index (χ0n) is 25.1. The summed E-state index contributed by atoms with van der Waals surface area (Å²) in [5, 5.41) is 10.1. The molecule has 1 aromatic heterocycles. The van der Waals surface area contributed by atoms with E-state index in [1.54, 1.807) is 25.7 Å².